The van der Waals surface area contributed by atoms with E-state index in [1.807, 2.05) is 11.3 Å². The smallest absolute Gasteiger partial charge is 0.0718 e. The minimum atomic E-state index is 1.05. The van der Waals surface area contributed by atoms with Gasteiger partial charge < -0.3 is 0 Å². The molecule has 130 valence electrons. The van der Waals surface area contributed by atoms with Crippen LogP contribution < -0.4 is 0 Å². The minimum absolute atomic E-state index is 1.05. The lowest BCUT2D eigenvalue weighted by molar-refractivity contribution is 0.804. The molecule has 0 fully saturated rings. The van der Waals surface area contributed by atoms with E-state index >= 15 is 0 Å². The molecule has 0 spiro atoms. The Morgan fingerprint density at radius 3 is 2.65 bits per heavy atom. The average Bonchev–Trinajstić information content (AvgIpc) is 3.14. The molecule has 2 heteroatoms. The molecule has 2 heterocycles. The maximum Gasteiger partial charge on any atom is 0.0718 e. The van der Waals surface area contributed by atoms with E-state index in [1.165, 1.54) is 51.1 Å². The standard InChI is InChI=1S/C24H23NS/c1-3-4-10-19-14-16-23(26-19)20-11-7-8-17(2)24(20)22-15-13-18-9-5-6-12-21(18)25-22/h5-9,11-16H,3-4,10H2,1-2H3. The largest absolute Gasteiger partial charge is 0.248 e. The summed E-state index contributed by atoms with van der Waals surface area (Å²) in [5.41, 5.74) is 5.92. The molecular weight excluding hydrogens is 334 g/mol. The van der Waals surface area contributed by atoms with Crippen molar-refractivity contribution in [2.75, 3.05) is 0 Å². The van der Waals surface area contributed by atoms with Gasteiger partial charge in [-0.2, -0.15) is 0 Å². The molecule has 0 radical (unpaired) electrons. The van der Waals surface area contributed by atoms with Crippen molar-refractivity contribution in [1.29, 1.82) is 0 Å². The van der Waals surface area contributed by atoms with E-state index in [2.05, 4.69) is 80.6 Å². The van der Waals surface area contributed by atoms with Crippen LogP contribution >= 0.6 is 11.3 Å². The topological polar surface area (TPSA) is 12.9 Å². The van der Waals surface area contributed by atoms with Gasteiger partial charge in [-0.1, -0.05) is 55.8 Å². The van der Waals surface area contributed by atoms with Crippen LogP contribution in [-0.2, 0) is 6.42 Å². The summed E-state index contributed by atoms with van der Waals surface area (Å²) in [5.74, 6) is 0. The summed E-state index contributed by atoms with van der Waals surface area (Å²) in [4.78, 5) is 7.76. The van der Waals surface area contributed by atoms with Crippen LogP contribution in [-0.4, -0.2) is 4.98 Å². The van der Waals surface area contributed by atoms with Gasteiger partial charge in [0.1, 0.15) is 0 Å². The molecule has 0 amide bonds. The highest BCUT2D eigenvalue weighted by molar-refractivity contribution is 7.15. The van der Waals surface area contributed by atoms with Crippen LogP contribution in [0.1, 0.15) is 30.2 Å². The Labute approximate surface area is 159 Å². The highest BCUT2D eigenvalue weighted by Crippen LogP contribution is 2.38. The molecule has 0 atom stereocenters. The van der Waals surface area contributed by atoms with Crippen LogP contribution in [0.2, 0.25) is 0 Å². The number of pyridine rings is 1. The van der Waals surface area contributed by atoms with Crippen molar-refractivity contribution in [3.63, 3.8) is 0 Å². The van der Waals surface area contributed by atoms with Crippen LogP contribution in [0.5, 0.6) is 0 Å². The van der Waals surface area contributed by atoms with Crippen molar-refractivity contribution in [2.24, 2.45) is 0 Å². The van der Waals surface area contributed by atoms with Gasteiger partial charge in [-0.05, 0) is 49.6 Å². The second-order valence-electron chi connectivity index (χ2n) is 6.76. The molecule has 1 nitrogen and oxygen atoms in total. The zero-order valence-electron chi connectivity index (χ0n) is 15.3. The molecular formula is C24H23NS. The fourth-order valence-corrected chi connectivity index (χ4v) is 4.51. The van der Waals surface area contributed by atoms with Crippen molar-refractivity contribution in [2.45, 2.75) is 33.1 Å². The maximum atomic E-state index is 4.95. The zero-order chi connectivity index (χ0) is 17.9. The highest BCUT2D eigenvalue weighted by atomic mass is 32.1. The van der Waals surface area contributed by atoms with Crippen molar-refractivity contribution in [3.8, 4) is 21.7 Å². The first-order valence-corrected chi connectivity index (χ1v) is 10.1. The van der Waals surface area contributed by atoms with Gasteiger partial charge in [0.2, 0.25) is 0 Å². The number of rotatable bonds is 5. The SMILES string of the molecule is CCCCc1ccc(-c2cccc(C)c2-c2ccc3ccccc3n2)s1. The lowest BCUT2D eigenvalue weighted by Gasteiger charge is -2.12. The van der Waals surface area contributed by atoms with Crippen LogP contribution in [0, 0.1) is 6.92 Å². The Hall–Kier alpha value is -2.45. The Morgan fingerprint density at radius 1 is 0.885 bits per heavy atom. The molecule has 0 unspecified atom stereocenters. The second kappa shape index (κ2) is 7.43. The summed E-state index contributed by atoms with van der Waals surface area (Å²) in [6, 6.07) is 23.8. The van der Waals surface area contributed by atoms with Gasteiger partial charge in [0.15, 0.2) is 0 Å². The zero-order valence-corrected chi connectivity index (χ0v) is 16.1. The highest BCUT2D eigenvalue weighted by Gasteiger charge is 2.13. The van der Waals surface area contributed by atoms with E-state index in [-0.39, 0.29) is 0 Å². The third-order valence-corrected chi connectivity index (χ3v) is 6.01. The molecule has 0 bridgehead atoms. The molecule has 0 aliphatic carbocycles. The van der Waals surface area contributed by atoms with Crippen LogP contribution in [0.25, 0.3) is 32.6 Å². The number of nitrogens with zero attached hydrogens (tertiary/aromatic N) is 1. The Balaban J connectivity index is 1.82. The molecule has 26 heavy (non-hydrogen) atoms. The van der Waals surface area contributed by atoms with E-state index in [0.29, 0.717) is 0 Å². The predicted octanol–water partition coefficient (Wildman–Crippen LogP) is 7.28. The summed E-state index contributed by atoms with van der Waals surface area (Å²) < 4.78 is 0. The van der Waals surface area contributed by atoms with Gasteiger partial charge >= 0.3 is 0 Å². The van der Waals surface area contributed by atoms with Gasteiger partial charge in [0, 0.05) is 26.3 Å². The fraction of sp³-hybridized carbons (Fsp3) is 0.208. The van der Waals surface area contributed by atoms with E-state index in [4.69, 9.17) is 4.98 Å². The van der Waals surface area contributed by atoms with Gasteiger partial charge in [0.25, 0.3) is 0 Å². The molecule has 4 aromatic rings. The minimum Gasteiger partial charge on any atom is -0.248 e. The first-order chi connectivity index (χ1) is 12.8. The number of fused-ring (bicyclic) bond motifs is 1. The first-order valence-electron chi connectivity index (χ1n) is 9.31. The van der Waals surface area contributed by atoms with Crippen LogP contribution in [0.3, 0.4) is 0 Å². The summed E-state index contributed by atoms with van der Waals surface area (Å²) in [7, 11) is 0. The van der Waals surface area contributed by atoms with Crippen molar-refractivity contribution in [3.05, 3.63) is 77.2 Å². The predicted molar refractivity (Wildman–Crippen MR) is 114 cm³/mol. The number of aryl methyl sites for hydroxylation is 2. The monoisotopic (exact) mass is 357 g/mol. The third-order valence-electron chi connectivity index (χ3n) is 4.83. The van der Waals surface area contributed by atoms with E-state index < -0.39 is 0 Å². The molecule has 0 aliphatic rings. The van der Waals surface area contributed by atoms with Gasteiger partial charge in [0.05, 0.1) is 11.2 Å². The Morgan fingerprint density at radius 2 is 1.77 bits per heavy atom. The van der Waals surface area contributed by atoms with Gasteiger partial charge in [-0.25, -0.2) is 4.98 Å². The lowest BCUT2D eigenvalue weighted by atomic mass is 9.97. The van der Waals surface area contributed by atoms with Crippen molar-refractivity contribution >= 4 is 22.2 Å². The summed E-state index contributed by atoms with van der Waals surface area (Å²) in [6.45, 7) is 4.43. The second-order valence-corrected chi connectivity index (χ2v) is 7.92. The van der Waals surface area contributed by atoms with Gasteiger partial charge in [-0.3, -0.25) is 0 Å². The molecule has 4 rings (SSSR count). The number of para-hydroxylation sites is 1. The maximum absolute atomic E-state index is 4.95. The molecule has 2 aromatic carbocycles. The number of aromatic nitrogens is 1. The first kappa shape index (κ1) is 17.0. The van der Waals surface area contributed by atoms with Crippen molar-refractivity contribution in [1.82, 2.24) is 4.98 Å². The van der Waals surface area contributed by atoms with E-state index in [9.17, 15) is 0 Å². The molecule has 0 saturated carbocycles. The normalized spacial score (nSPS) is 11.2. The van der Waals surface area contributed by atoms with Gasteiger partial charge in [-0.15, -0.1) is 11.3 Å². The van der Waals surface area contributed by atoms with Crippen LogP contribution in [0.15, 0.2) is 66.7 Å². The Kier molecular flexibility index (Phi) is 4.85. The van der Waals surface area contributed by atoms with Crippen molar-refractivity contribution < 1.29 is 0 Å². The summed E-state index contributed by atoms with van der Waals surface area (Å²) in [5, 5.41) is 1.18. The van der Waals surface area contributed by atoms with E-state index in [0.717, 1.165) is 11.2 Å². The number of benzene rings is 2. The average molecular weight is 358 g/mol. The van der Waals surface area contributed by atoms with Crippen LogP contribution in [0.4, 0.5) is 0 Å². The quantitative estimate of drug-likeness (QED) is 0.365. The molecule has 0 N–H and O–H groups in total. The number of thiophene rings is 1. The molecule has 0 saturated heterocycles. The lowest BCUT2D eigenvalue weighted by Crippen LogP contribution is -1.91. The molecule has 0 aliphatic heterocycles. The van der Waals surface area contributed by atoms with E-state index in [1.54, 1.807) is 0 Å². The summed E-state index contributed by atoms with van der Waals surface area (Å²) in [6.07, 6.45) is 3.67. The summed E-state index contributed by atoms with van der Waals surface area (Å²) >= 11 is 1.92. The Bertz CT molecular complexity index is 1040. The third kappa shape index (κ3) is 3.30. The number of unbranched alkanes of at least 4 members (excludes halogenated alkanes) is 1. The molecule has 2 aromatic heterocycles. The number of hydrogen-bond acceptors (Lipinski definition) is 2. The fourth-order valence-electron chi connectivity index (χ4n) is 3.43. The number of hydrogen-bond donors (Lipinski definition) is 0.